The maximum absolute atomic E-state index is 5.87. The largest absolute Gasteiger partial charge is 0.484 e. The van der Waals surface area contributed by atoms with Crippen molar-refractivity contribution < 1.29 is 9.26 Å². The van der Waals surface area contributed by atoms with E-state index in [1.807, 2.05) is 38.1 Å². The molecule has 18 heavy (non-hydrogen) atoms. The standard InChI is InChI=1S/C12H14IN3O2/c1-12(2,14)11-15-10(18-16-11)7-17-9-5-3-4-8(13)6-9/h3-6H,7,14H2,1-2H3. The van der Waals surface area contributed by atoms with E-state index in [1.165, 1.54) is 0 Å². The van der Waals surface area contributed by atoms with Crippen LogP contribution in [0.25, 0.3) is 0 Å². The lowest BCUT2D eigenvalue weighted by molar-refractivity contribution is 0.241. The fraction of sp³-hybridized carbons (Fsp3) is 0.333. The number of halogens is 1. The third kappa shape index (κ3) is 3.42. The van der Waals surface area contributed by atoms with Gasteiger partial charge in [-0.2, -0.15) is 4.98 Å². The second-order valence-electron chi connectivity index (χ2n) is 4.48. The van der Waals surface area contributed by atoms with Crippen LogP contribution in [0.4, 0.5) is 0 Å². The van der Waals surface area contributed by atoms with Gasteiger partial charge in [-0.25, -0.2) is 0 Å². The maximum atomic E-state index is 5.87. The van der Waals surface area contributed by atoms with Gasteiger partial charge in [0.15, 0.2) is 12.4 Å². The molecule has 1 aromatic heterocycles. The Morgan fingerprint density at radius 2 is 2.22 bits per heavy atom. The van der Waals surface area contributed by atoms with Crippen LogP contribution in [0.5, 0.6) is 5.75 Å². The minimum Gasteiger partial charge on any atom is -0.484 e. The summed E-state index contributed by atoms with van der Waals surface area (Å²) in [5.41, 5.74) is 5.26. The minimum atomic E-state index is -0.607. The molecule has 1 aromatic carbocycles. The van der Waals surface area contributed by atoms with Gasteiger partial charge in [-0.05, 0) is 54.6 Å². The van der Waals surface area contributed by atoms with Gasteiger partial charge in [0, 0.05) is 3.57 Å². The Morgan fingerprint density at radius 3 is 2.83 bits per heavy atom. The van der Waals surface area contributed by atoms with Crippen LogP contribution in [0.15, 0.2) is 28.8 Å². The summed E-state index contributed by atoms with van der Waals surface area (Å²) in [6.07, 6.45) is 0. The Labute approximate surface area is 119 Å². The van der Waals surface area contributed by atoms with Crippen molar-refractivity contribution in [2.45, 2.75) is 26.0 Å². The Balaban J connectivity index is 2.01. The molecule has 0 saturated heterocycles. The zero-order valence-corrected chi connectivity index (χ0v) is 12.3. The van der Waals surface area contributed by atoms with Gasteiger partial charge in [0.1, 0.15) is 5.75 Å². The van der Waals surface area contributed by atoms with Gasteiger partial charge >= 0.3 is 0 Å². The molecule has 0 atom stereocenters. The monoisotopic (exact) mass is 359 g/mol. The van der Waals surface area contributed by atoms with Crippen molar-refractivity contribution in [3.8, 4) is 5.75 Å². The van der Waals surface area contributed by atoms with E-state index in [1.54, 1.807) is 0 Å². The van der Waals surface area contributed by atoms with Gasteiger partial charge in [-0.3, -0.25) is 0 Å². The van der Waals surface area contributed by atoms with E-state index in [-0.39, 0.29) is 6.61 Å². The minimum absolute atomic E-state index is 0.239. The molecule has 1 heterocycles. The van der Waals surface area contributed by atoms with E-state index in [2.05, 4.69) is 32.7 Å². The number of hydrogen-bond donors (Lipinski definition) is 1. The molecule has 0 unspecified atom stereocenters. The normalized spacial score (nSPS) is 11.6. The first kappa shape index (κ1) is 13.3. The number of aromatic nitrogens is 2. The summed E-state index contributed by atoms with van der Waals surface area (Å²) in [6.45, 7) is 3.88. The summed E-state index contributed by atoms with van der Waals surface area (Å²) >= 11 is 2.23. The molecule has 0 aliphatic carbocycles. The van der Waals surface area contributed by atoms with Gasteiger partial charge in [0.05, 0.1) is 5.54 Å². The molecule has 0 spiro atoms. The summed E-state index contributed by atoms with van der Waals surface area (Å²) in [5.74, 6) is 1.67. The van der Waals surface area contributed by atoms with Gasteiger partial charge in [-0.15, -0.1) is 0 Å². The Bertz CT molecular complexity index is 534. The maximum Gasteiger partial charge on any atom is 0.264 e. The number of nitrogens with zero attached hydrogens (tertiary/aromatic N) is 2. The van der Waals surface area contributed by atoms with Crippen LogP contribution in [0.1, 0.15) is 25.6 Å². The number of hydrogen-bond acceptors (Lipinski definition) is 5. The second-order valence-corrected chi connectivity index (χ2v) is 5.73. The number of nitrogens with two attached hydrogens (primary N) is 1. The third-order valence-electron chi connectivity index (χ3n) is 2.20. The van der Waals surface area contributed by atoms with Gasteiger partial charge in [0.25, 0.3) is 5.89 Å². The van der Waals surface area contributed by atoms with Crippen molar-refractivity contribution in [1.29, 1.82) is 0 Å². The smallest absolute Gasteiger partial charge is 0.264 e. The molecule has 0 aliphatic rings. The molecule has 0 bridgehead atoms. The van der Waals surface area contributed by atoms with Gasteiger partial charge in [0.2, 0.25) is 0 Å². The molecular formula is C12H14IN3O2. The topological polar surface area (TPSA) is 74.2 Å². The fourth-order valence-corrected chi connectivity index (χ4v) is 1.79. The van der Waals surface area contributed by atoms with Crippen molar-refractivity contribution in [2.24, 2.45) is 5.73 Å². The molecule has 0 radical (unpaired) electrons. The number of benzene rings is 1. The zero-order chi connectivity index (χ0) is 13.2. The van der Waals surface area contributed by atoms with Crippen molar-refractivity contribution in [3.63, 3.8) is 0 Å². The van der Waals surface area contributed by atoms with Crippen LogP contribution in [0.3, 0.4) is 0 Å². The van der Waals surface area contributed by atoms with Crippen LogP contribution >= 0.6 is 22.6 Å². The first-order chi connectivity index (χ1) is 8.45. The van der Waals surface area contributed by atoms with E-state index in [9.17, 15) is 0 Å². The number of rotatable bonds is 4. The van der Waals surface area contributed by atoms with Crippen molar-refractivity contribution in [2.75, 3.05) is 0 Å². The lowest BCUT2D eigenvalue weighted by Gasteiger charge is -2.11. The van der Waals surface area contributed by atoms with Crippen LogP contribution in [0, 0.1) is 3.57 Å². The summed E-state index contributed by atoms with van der Waals surface area (Å²) in [6, 6.07) is 7.74. The van der Waals surface area contributed by atoms with Crippen LogP contribution in [0.2, 0.25) is 0 Å². The predicted octanol–water partition coefficient (Wildman–Crippen LogP) is 2.45. The molecule has 2 N–H and O–H groups in total. The Hall–Kier alpha value is -1.15. The van der Waals surface area contributed by atoms with Crippen LogP contribution in [-0.4, -0.2) is 10.1 Å². The highest BCUT2D eigenvalue weighted by atomic mass is 127. The van der Waals surface area contributed by atoms with Crippen molar-refractivity contribution in [3.05, 3.63) is 39.6 Å². The third-order valence-corrected chi connectivity index (χ3v) is 2.87. The molecule has 6 heteroatoms. The average molecular weight is 359 g/mol. The molecule has 0 fully saturated rings. The van der Waals surface area contributed by atoms with Crippen molar-refractivity contribution >= 4 is 22.6 Å². The quantitative estimate of drug-likeness (QED) is 0.849. The first-order valence-corrected chi connectivity index (χ1v) is 6.53. The highest BCUT2D eigenvalue weighted by Crippen LogP contribution is 2.17. The molecule has 2 rings (SSSR count). The predicted molar refractivity (Wildman–Crippen MR) is 75.0 cm³/mol. The van der Waals surface area contributed by atoms with Crippen LogP contribution in [-0.2, 0) is 12.1 Å². The molecular weight excluding hydrogens is 345 g/mol. The zero-order valence-electron chi connectivity index (χ0n) is 10.2. The summed E-state index contributed by atoms with van der Waals surface area (Å²) in [5, 5.41) is 3.82. The molecule has 0 aliphatic heterocycles. The molecule has 0 amide bonds. The number of ether oxygens (including phenoxy) is 1. The van der Waals surface area contributed by atoms with Crippen LogP contribution < -0.4 is 10.5 Å². The lowest BCUT2D eigenvalue weighted by Crippen LogP contribution is -2.30. The summed E-state index contributed by atoms with van der Waals surface area (Å²) < 4.78 is 11.7. The highest BCUT2D eigenvalue weighted by molar-refractivity contribution is 14.1. The van der Waals surface area contributed by atoms with E-state index in [4.69, 9.17) is 15.0 Å². The Morgan fingerprint density at radius 1 is 1.44 bits per heavy atom. The summed E-state index contributed by atoms with van der Waals surface area (Å²) in [4.78, 5) is 4.19. The molecule has 5 nitrogen and oxygen atoms in total. The fourth-order valence-electron chi connectivity index (χ4n) is 1.28. The first-order valence-electron chi connectivity index (χ1n) is 5.45. The van der Waals surface area contributed by atoms with E-state index in [0.717, 1.165) is 9.32 Å². The van der Waals surface area contributed by atoms with Crippen molar-refractivity contribution in [1.82, 2.24) is 10.1 Å². The molecule has 96 valence electrons. The highest BCUT2D eigenvalue weighted by Gasteiger charge is 2.21. The van der Waals surface area contributed by atoms with E-state index in [0.29, 0.717) is 11.7 Å². The molecule has 0 saturated carbocycles. The molecule has 2 aromatic rings. The Kier molecular flexibility index (Phi) is 3.86. The van der Waals surface area contributed by atoms with E-state index < -0.39 is 5.54 Å². The van der Waals surface area contributed by atoms with Gasteiger partial charge < -0.3 is 15.0 Å². The summed E-state index contributed by atoms with van der Waals surface area (Å²) in [7, 11) is 0. The second kappa shape index (κ2) is 5.23. The SMILES string of the molecule is CC(C)(N)c1noc(COc2cccc(I)c2)n1. The van der Waals surface area contributed by atoms with Gasteiger partial charge in [-0.1, -0.05) is 11.2 Å². The van der Waals surface area contributed by atoms with E-state index >= 15 is 0 Å². The average Bonchev–Trinajstić information content (AvgIpc) is 2.74. The lowest BCUT2D eigenvalue weighted by atomic mass is 10.1.